The Morgan fingerprint density at radius 3 is 2.63 bits per heavy atom. The lowest BCUT2D eigenvalue weighted by molar-refractivity contribution is 0.0432. The van der Waals surface area contributed by atoms with Gasteiger partial charge in [0.1, 0.15) is 5.69 Å². The van der Waals surface area contributed by atoms with Crippen LogP contribution in [-0.2, 0) is 6.42 Å². The van der Waals surface area contributed by atoms with Gasteiger partial charge >= 0.3 is 0 Å². The van der Waals surface area contributed by atoms with Crippen LogP contribution in [-0.4, -0.2) is 44.7 Å². The first-order chi connectivity index (χ1) is 13.2. The third-order valence-electron chi connectivity index (χ3n) is 5.58. The number of piperidine rings is 1. The van der Waals surface area contributed by atoms with Crippen molar-refractivity contribution in [1.29, 1.82) is 0 Å². The van der Waals surface area contributed by atoms with Crippen molar-refractivity contribution < 1.29 is 9.90 Å². The summed E-state index contributed by atoms with van der Waals surface area (Å²) in [5.41, 5.74) is 2.78. The van der Waals surface area contributed by atoms with E-state index in [1.54, 1.807) is 10.7 Å². The second-order valence-electron chi connectivity index (χ2n) is 7.30. The summed E-state index contributed by atoms with van der Waals surface area (Å²) in [7, 11) is 0. The van der Waals surface area contributed by atoms with Gasteiger partial charge in [0.2, 0.25) is 0 Å². The summed E-state index contributed by atoms with van der Waals surface area (Å²) in [6.07, 6.45) is 4.75. The van der Waals surface area contributed by atoms with Gasteiger partial charge in [0.15, 0.2) is 0 Å². The first-order valence-electron chi connectivity index (χ1n) is 9.66. The first-order valence-corrected chi connectivity index (χ1v) is 9.66. The highest BCUT2D eigenvalue weighted by molar-refractivity contribution is 5.93. The maximum absolute atomic E-state index is 12.9. The summed E-state index contributed by atoms with van der Waals surface area (Å²) in [4.78, 5) is 14.8. The summed E-state index contributed by atoms with van der Waals surface area (Å²) in [6, 6.07) is 17.8. The van der Waals surface area contributed by atoms with Gasteiger partial charge in [-0.3, -0.25) is 4.79 Å². The number of carbonyl (C=O) groups excluding carboxylic acids is 1. The van der Waals surface area contributed by atoms with E-state index in [2.05, 4.69) is 17.2 Å². The van der Waals surface area contributed by atoms with Crippen molar-refractivity contribution in [2.75, 3.05) is 13.1 Å². The van der Waals surface area contributed by atoms with Crippen LogP contribution in [0.5, 0.6) is 0 Å². The van der Waals surface area contributed by atoms with Crippen LogP contribution in [0.4, 0.5) is 0 Å². The average Bonchev–Trinajstić information content (AvgIpc) is 3.21. The predicted molar refractivity (Wildman–Crippen MR) is 105 cm³/mol. The van der Waals surface area contributed by atoms with E-state index < -0.39 is 0 Å². The molecule has 27 heavy (non-hydrogen) atoms. The molecule has 5 heteroatoms. The summed E-state index contributed by atoms with van der Waals surface area (Å²) < 4.78 is 1.70. The molecule has 2 aromatic heterocycles. The largest absolute Gasteiger partial charge is 0.393 e. The van der Waals surface area contributed by atoms with E-state index in [0.29, 0.717) is 18.8 Å². The zero-order valence-electron chi connectivity index (χ0n) is 15.4. The van der Waals surface area contributed by atoms with Crippen LogP contribution in [0.3, 0.4) is 0 Å². The molecule has 1 saturated heterocycles. The summed E-state index contributed by atoms with van der Waals surface area (Å²) >= 11 is 0. The number of pyridine rings is 1. The minimum Gasteiger partial charge on any atom is -0.393 e. The van der Waals surface area contributed by atoms with Crippen molar-refractivity contribution >= 4 is 11.4 Å². The lowest BCUT2D eigenvalue weighted by Crippen LogP contribution is -2.42. The van der Waals surface area contributed by atoms with Crippen molar-refractivity contribution in [3.8, 4) is 0 Å². The van der Waals surface area contributed by atoms with Crippen LogP contribution in [0.2, 0.25) is 0 Å². The number of hydrogen-bond donors (Lipinski definition) is 1. The number of aromatic nitrogens is 2. The fraction of sp³-hybridized carbons (Fsp3) is 0.364. The molecule has 1 fully saturated rings. The lowest BCUT2D eigenvalue weighted by Gasteiger charge is -2.34. The molecule has 5 nitrogen and oxygen atoms in total. The van der Waals surface area contributed by atoms with Crippen molar-refractivity contribution in [1.82, 2.24) is 14.5 Å². The standard InChI is InChI=1S/C22H25N3O2/c26-21(10-9-17-5-2-1-3-6-17)18-12-15-24(16-13-18)22(27)20-8-4-7-19-11-14-23-25(19)20/h1-8,11,14,18,21,26H,9-10,12-13,15-16H2/t21-/m0/s1. The Kier molecular flexibility index (Phi) is 5.21. The quantitative estimate of drug-likeness (QED) is 0.757. The maximum Gasteiger partial charge on any atom is 0.272 e. The Balaban J connectivity index is 1.33. The monoisotopic (exact) mass is 363 g/mol. The minimum absolute atomic E-state index is 0.0153. The molecule has 0 saturated carbocycles. The Morgan fingerprint density at radius 1 is 1.07 bits per heavy atom. The number of aliphatic hydroxyl groups is 1. The maximum atomic E-state index is 12.9. The van der Waals surface area contributed by atoms with Crippen LogP contribution in [0.15, 0.2) is 60.8 Å². The minimum atomic E-state index is -0.308. The molecule has 0 radical (unpaired) electrons. The smallest absolute Gasteiger partial charge is 0.272 e. The van der Waals surface area contributed by atoms with E-state index in [4.69, 9.17) is 0 Å². The summed E-state index contributed by atoms with van der Waals surface area (Å²) in [5, 5.41) is 14.8. The molecule has 0 bridgehead atoms. The van der Waals surface area contributed by atoms with Gasteiger partial charge in [-0.15, -0.1) is 0 Å². The molecule has 3 heterocycles. The van der Waals surface area contributed by atoms with Crippen LogP contribution >= 0.6 is 0 Å². The molecule has 0 unspecified atom stereocenters. The number of likely N-dealkylation sites (tertiary alicyclic amines) is 1. The van der Waals surface area contributed by atoms with Gasteiger partial charge < -0.3 is 10.0 Å². The zero-order chi connectivity index (χ0) is 18.6. The molecular weight excluding hydrogens is 338 g/mol. The number of amides is 1. The van der Waals surface area contributed by atoms with E-state index in [0.717, 1.165) is 31.2 Å². The van der Waals surface area contributed by atoms with Crippen molar-refractivity contribution in [3.05, 3.63) is 72.1 Å². The number of carbonyl (C=O) groups is 1. The molecule has 0 aliphatic carbocycles. The Hall–Kier alpha value is -2.66. The van der Waals surface area contributed by atoms with Gasteiger partial charge in [-0.05, 0) is 55.4 Å². The lowest BCUT2D eigenvalue weighted by atomic mass is 9.88. The van der Waals surface area contributed by atoms with Crippen LogP contribution in [0, 0.1) is 5.92 Å². The molecule has 1 aliphatic rings. The second kappa shape index (κ2) is 7.92. The average molecular weight is 363 g/mol. The van der Waals surface area contributed by atoms with E-state index in [1.165, 1.54) is 5.56 Å². The molecule has 1 aliphatic heterocycles. The van der Waals surface area contributed by atoms with Gasteiger partial charge in [-0.2, -0.15) is 5.10 Å². The fourth-order valence-corrected chi connectivity index (χ4v) is 3.96. The van der Waals surface area contributed by atoms with E-state index in [1.807, 2.05) is 47.4 Å². The number of aliphatic hydroxyl groups excluding tert-OH is 1. The van der Waals surface area contributed by atoms with Crippen molar-refractivity contribution in [2.45, 2.75) is 31.8 Å². The molecule has 1 atom stereocenters. The van der Waals surface area contributed by atoms with Gasteiger partial charge in [0.25, 0.3) is 5.91 Å². The van der Waals surface area contributed by atoms with E-state index in [9.17, 15) is 9.90 Å². The Labute approximate surface area is 159 Å². The summed E-state index contributed by atoms with van der Waals surface area (Å²) in [5.74, 6) is 0.278. The van der Waals surface area contributed by atoms with Gasteiger partial charge in [-0.25, -0.2) is 4.52 Å². The normalized spacial score (nSPS) is 16.6. The third-order valence-corrected chi connectivity index (χ3v) is 5.58. The molecule has 3 aromatic rings. The number of rotatable bonds is 5. The Morgan fingerprint density at radius 2 is 1.85 bits per heavy atom. The first kappa shape index (κ1) is 17.7. The predicted octanol–water partition coefficient (Wildman–Crippen LogP) is 3.18. The number of fused-ring (bicyclic) bond motifs is 1. The SMILES string of the molecule is O=C(c1cccc2ccnn12)N1CCC([C@@H](O)CCc2ccccc2)CC1. The Bertz CT molecular complexity index is 898. The van der Waals surface area contributed by atoms with Crippen molar-refractivity contribution in [3.63, 3.8) is 0 Å². The van der Waals surface area contributed by atoms with Crippen molar-refractivity contribution in [2.24, 2.45) is 5.92 Å². The topological polar surface area (TPSA) is 57.8 Å². The van der Waals surface area contributed by atoms with E-state index >= 15 is 0 Å². The number of benzene rings is 1. The molecule has 1 aromatic carbocycles. The molecule has 140 valence electrons. The van der Waals surface area contributed by atoms with Crippen LogP contribution in [0.1, 0.15) is 35.3 Å². The molecule has 4 rings (SSSR count). The summed E-state index contributed by atoms with van der Waals surface area (Å²) in [6.45, 7) is 1.37. The van der Waals surface area contributed by atoms with E-state index in [-0.39, 0.29) is 17.9 Å². The number of nitrogens with zero attached hydrogens (tertiary/aromatic N) is 3. The van der Waals surface area contributed by atoms with Gasteiger partial charge in [-0.1, -0.05) is 36.4 Å². The molecular formula is C22H25N3O2. The second-order valence-corrected chi connectivity index (χ2v) is 7.30. The molecule has 1 amide bonds. The van der Waals surface area contributed by atoms with Gasteiger partial charge in [0, 0.05) is 13.1 Å². The zero-order valence-corrected chi connectivity index (χ0v) is 15.4. The highest BCUT2D eigenvalue weighted by Crippen LogP contribution is 2.24. The fourth-order valence-electron chi connectivity index (χ4n) is 3.96. The van der Waals surface area contributed by atoms with Crippen LogP contribution in [0.25, 0.3) is 5.52 Å². The molecule has 1 N–H and O–H groups in total. The van der Waals surface area contributed by atoms with Gasteiger partial charge in [0.05, 0.1) is 17.8 Å². The number of hydrogen-bond acceptors (Lipinski definition) is 3. The highest BCUT2D eigenvalue weighted by Gasteiger charge is 2.28. The highest BCUT2D eigenvalue weighted by atomic mass is 16.3. The third kappa shape index (κ3) is 3.88. The van der Waals surface area contributed by atoms with Crippen LogP contribution < -0.4 is 0 Å². The number of aryl methyl sites for hydroxylation is 1. The molecule has 0 spiro atoms.